The molecule has 0 atom stereocenters. The molecule has 0 unspecified atom stereocenters. The summed E-state index contributed by atoms with van der Waals surface area (Å²) in [5, 5.41) is 14.1. The highest BCUT2D eigenvalue weighted by Gasteiger charge is 2.23. The summed E-state index contributed by atoms with van der Waals surface area (Å²) in [6, 6.07) is 8.12. The molecule has 1 saturated carbocycles. The minimum Gasteiger partial charge on any atom is -0.393 e. The zero-order chi connectivity index (χ0) is 21.7. The number of aliphatic hydroxyl groups excluding tert-OH is 1. The van der Waals surface area contributed by atoms with Gasteiger partial charge in [-0.3, -0.25) is 4.55 Å². The summed E-state index contributed by atoms with van der Waals surface area (Å²) in [6.45, 7) is 0. The number of benzene rings is 1. The van der Waals surface area contributed by atoms with Crippen molar-refractivity contribution in [2.75, 3.05) is 11.6 Å². The first-order valence-corrected chi connectivity index (χ1v) is 12.4. The smallest absolute Gasteiger partial charge is 0.261 e. The van der Waals surface area contributed by atoms with Crippen molar-refractivity contribution < 1.29 is 18.1 Å². The Morgan fingerprint density at radius 3 is 2.27 bits per heavy atom. The van der Waals surface area contributed by atoms with E-state index < -0.39 is 10.1 Å². The molecule has 1 aromatic carbocycles. The fraction of sp³-hybridized carbons (Fsp3) is 0.524. The number of nitrogens with zero attached hydrogens (tertiary/aromatic N) is 2. The molecule has 0 bridgehead atoms. The molecule has 164 valence electrons. The Bertz CT molecular complexity index is 951. The number of fused-ring (bicyclic) bond motifs is 1. The molecule has 9 heteroatoms. The topological polar surface area (TPSA) is 112 Å². The van der Waals surface area contributed by atoms with Crippen LogP contribution in [0.25, 0.3) is 11.4 Å². The van der Waals surface area contributed by atoms with E-state index in [-0.39, 0.29) is 6.10 Å². The third-order valence-corrected chi connectivity index (χ3v) is 5.58. The van der Waals surface area contributed by atoms with Gasteiger partial charge in [0, 0.05) is 27.9 Å². The summed E-state index contributed by atoms with van der Waals surface area (Å²) in [7, 11) is -3.67. The van der Waals surface area contributed by atoms with Crippen LogP contribution in [0.4, 0.5) is 5.82 Å². The van der Waals surface area contributed by atoms with Gasteiger partial charge in [0.15, 0.2) is 5.82 Å². The van der Waals surface area contributed by atoms with Crippen LogP contribution >= 0.6 is 11.6 Å². The second kappa shape index (κ2) is 10.0. The van der Waals surface area contributed by atoms with Crippen molar-refractivity contribution in [1.29, 1.82) is 0 Å². The normalized spacial score (nSPS) is 21.2. The first-order valence-electron chi connectivity index (χ1n) is 10.2. The first-order chi connectivity index (χ1) is 14.2. The number of hydrogen-bond acceptors (Lipinski definition) is 6. The summed E-state index contributed by atoms with van der Waals surface area (Å²) in [5.74, 6) is 1.77. The fourth-order valence-corrected chi connectivity index (χ4v) is 3.98. The Labute approximate surface area is 182 Å². The van der Waals surface area contributed by atoms with E-state index in [2.05, 4.69) is 5.32 Å². The van der Waals surface area contributed by atoms with Gasteiger partial charge >= 0.3 is 0 Å². The van der Waals surface area contributed by atoms with Crippen LogP contribution in [0.2, 0.25) is 5.02 Å². The lowest BCUT2D eigenvalue weighted by molar-refractivity contribution is 0.126. The molecule has 2 aliphatic rings. The van der Waals surface area contributed by atoms with Crippen molar-refractivity contribution in [1.82, 2.24) is 9.97 Å². The van der Waals surface area contributed by atoms with Gasteiger partial charge < -0.3 is 10.4 Å². The molecule has 0 spiro atoms. The van der Waals surface area contributed by atoms with Gasteiger partial charge in [0.05, 0.1) is 12.4 Å². The molecule has 0 amide bonds. The number of aryl methyl sites for hydroxylation is 1. The number of anilines is 1. The van der Waals surface area contributed by atoms with Gasteiger partial charge in [0.2, 0.25) is 0 Å². The van der Waals surface area contributed by atoms with Crippen molar-refractivity contribution in [3.63, 3.8) is 0 Å². The van der Waals surface area contributed by atoms with Gasteiger partial charge in [-0.15, -0.1) is 0 Å². The molecule has 0 saturated heterocycles. The summed E-state index contributed by atoms with van der Waals surface area (Å²) in [4.78, 5) is 9.72. The molecule has 2 aromatic rings. The van der Waals surface area contributed by atoms with Crippen LogP contribution in [-0.2, 0) is 23.0 Å². The van der Waals surface area contributed by atoms with Gasteiger partial charge in [-0.25, -0.2) is 9.97 Å². The lowest BCUT2D eigenvalue weighted by Gasteiger charge is -2.28. The second-order valence-corrected chi connectivity index (χ2v) is 9.82. The average molecular weight is 454 g/mol. The Kier molecular flexibility index (Phi) is 7.68. The second-order valence-electron chi connectivity index (χ2n) is 7.92. The maximum Gasteiger partial charge on any atom is 0.261 e. The van der Waals surface area contributed by atoms with Gasteiger partial charge in [-0.1, -0.05) is 11.6 Å². The van der Waals surface area contributed by atoms with Crippen molar-refractivity contribution in [2.24, 2.45) is 0 Å². The lowest BCUT2D eigenvalue weighted by atomic mass is 9.92. The van der Waals surface area contributed by atoms with Crippen LogP contribution in [0.15, 0.2) is 24.3 Å². The Balaban J connectivity index is 0.000000461. The number of rotatable bonds is 3. The summed E-state index contributed by atoms with van der Waals surface area (Å²) in [6.07, 6.45) is 8.78. The summed E-state index contributed by atoms with van der Waals surface area (Å²) < 4.78 is 25.9. The van der Waals surface area contributed by atoms with Crippen molar-refractivity contribution >= 4 is 27.5 Å². The van der Waals surface area contributed by atoms with Crippen LogP contribution < -0.4 is 5.32 Å². The zero-order valence-corrected chi connectivity index (χ0v) is 18.6. The number of hydrogen-bond donors (Lipinski definition) is 3. The van der Waals surface area contributed by atoms with Gasteiger partial charge in [-0.05, 0) is 75.6 Å². The van der Waals surface area contributed by atoms with Crippen LogP contribution in [0.5, 0.6) is 0 Å². The molecule has 1 heterocycles. The van der Waals surface area contributed by atoms with Crippen LogP contribution in [0, 0.1) is 0 Å². The predicted octanol–water partition coefficient (Wildman–Crippen LogP) is 3.90. The molecule has 0 radical (unpaired) electrons. The van der Waals surface area contributed by atoms with E-state index in [1.807, 2.05) is 24.3 Å². The van der Waals surface area contributed by atoms with Crippen molar-refractivity contribution in [2.45, 2.75) is 63.5 Å². The molecule has 7 nitrogen and oxygen atoms in total. The minimum absolute atomic E-state index is 0.137. The van der Waals surface area contributed by atoms with Crippen LogP contribution in [0.1, 0.15) is 49.8 Å². The number of aromatic nitrogens is 2. The van der Waals surface area contributed by atoms with E-state index in [1.54, 1.807) is 0 Å². The molecule has 30 heavy (non-hydrogen) atoms. The number of aliphatic hydroxyl groups is 1. The fourth-order valence-electron chi connectivity index (χ4n) is 3.86. The first kappa shape index (κ1) is 22.9. The molecule has 1 fully saturated rings. The summed E-state index contributed by atoms with van der Waals surface area (Å²) in [5.41, 5.74) is 3.47. The predicted molar refractivity (Wildman–Crippen MR) is 118 cm³/mol. The van der Waals surface area contributed by atoms with E-state index in [0.717, 1.165) is 60.8 Å². The SMILES string of the molecule is CS(=O)(=O)O.OC1CCC(Nc2nc(-c3ccc(Cl)cc3)nc3c2CCCC3)CC1. The molecule has 1 aromatic heterocycles. The van der Waals surface area contributed by atoms with Gasteiger partial charge in [0.1, 0.15) is 5.82 Å². The Morgan fingerprint density at radius 2 is 1.63 bits per heavy atom. The van der Waals surface area contributed by atoms with E-state index in [1.165, 1.54) is 24.1 Å². The maximum absolute atomic E-state index is 9.74. The number of nitrogens with one attached hydrogen (secondary N) is 1. The molecule has 0 aliphatic heterocycles. The van der Waals surface area contributed by atoms with Gasteiger partial charge in [-0.2, -0.15) is 8.42 Å². The standard InChI is InChI=1S/C20H24ClN3O.CH4O3S/c21-14-7-5-13(6-8-14)19-23-18-4-2-1-3-17(18)20(24-19)22-15-9-11-16(25)12-10-15;1-5(2,3)4/h5-8,15-16,25H,1-4,9-12H2,(H,22,23,24);1H3,(H,2,3,4). The van der Waals surface area contributed by atoms with E-state index >= 15 is 0 Å². The molecule has 4 rings (SSSR count). The van der Waals surface area contributed by atoms with Crippen LogP contribution in [-0.4, -0.2) is 46.4 Å². The molecule has 2 aliphatic carbocycles. The quantitative estimate of drug-likeness (QED) is 0.604. The van der Waals surface area contributed by atoms with E-state index in [9.17, 15) is 13.5 Å². The highest BCUT2D eigenvalue weighted by molar-refractivity contribution is 7.85. The molecular formula is C21H28ClN3O4S. The van der Waals surface area contributed by atoms with Crippen molar-refractivity contribution in [3.8, 4) is 11.4 Å². The minimum atomic E-state index is -3.67. The molecule has 3 N–H and O–H groups in total. The third kappa shape index (κ3) is 6.91. The number of halogens is 1. The highest BCUT2D eigenvalue weighted by Crippen LogP contribution is 2.31. The lowest BCUT2D eigenvalue weighted by Crippen LogP contribution is -2.29. The zero-order valence-electron chi connectivity index (χ0n) is 17.0. The largest absolute Gasteiger partial charge is 0.393 e. The Morgan fingerprint density at radius 1 is 1.03 bits per heavy atom. The van der Waals surface area contributed by atoms with Gasteiger partial charge in [0.25, 0.3) is 10.1 Å². The summed E-state index contributed by atoms with van der Waals surface area (Å²) >= 11 is 6.01. The highest BCUT2D eigenvalue weighted by atomic mass is 35.5. The van der Waals surface area contributed by atoms with Crippen LogP contribution in [0.3, 0.4) is 0 Å². The van der Waals surface area contributed by atoms with Crippen molar-refractivity contribution in [3.05, 3.63) is 40.5 Å². The van der Waals surface area contributed by atoms with E-state index in [0.29, 0.717) is 12.3 Å². The van der Waals surface area contributed by atoms with E-state index in [4.69, 9.17) is 26.1 Å². The third-order valence-electron chi connectivity index (χ3n) is 5.32. The Hall–Kier alpha value is -1.74. The molecular weight excluding hydrogens is 426 g/mol. The average Bonchev–Trinajstić information content (AvgIpc) is 2.69. The monoisotopic (exact) mass is 453 g/mol. The maximum atomic E-state index is 9.74.